The van der Waals surface area contributed by atoms with E-state index >= 15 is 0 Å². The summed E-state index contributed by atoms with van der Waals surface area (Å²) in [6.45, 7) is 1.92. The highest BCUT2D eigenvalue weighted by Gasteiger charge is 2.32. The first-order chi connectivity index (χ1) is 9.13. The van der Waals surface area contributed by atoms with Gasteiger partial charge in [0.1, 0.15) is 0 Å². The number of likely N-dealkylation sites (N-methyl/N-ethyl adjacent to an activating group) is 1. The van der Waals surface area contributed by atoms with Crippen LogP contribution in [0.5, 0.6) is 0 Å². The molecule has 0 saturated heterocycles. The predicted octanol–water partition coefficient (Wildman–Crippen LogP) is 3.13. The molecule has 1 aromatic rings. The number of guanidine groups is 1. The summed E-state index contributed by atoms with van der Waals surface area (Å²) in [6.07, 6.45) is 2.26. The number of rotatable bonds is 2. The third kappa shape index (κ3) is 2.67. The molecule has 102 valence electrons. The lowest BCUT2D eigenvalue weighted by Gasteiger charge is -2.37. The fourth-order valence-corrected chi connectivity index (χ4v) is 2.95. The first-order valence-electron chi connectivity index (χ1n) is 6.60. The molecular formula is C14H17Cl2N3. The monoisotopic (exact) mass is 297 g/mol. The van der Waals surface area contributed by atoms with Gasteiger partial charge < -0.3 is 10.2 Å². The van der Waals surface area contributed by atoms with Crippen molar-refractivity contribution in [3.63, 3.8) is 0 Å². The van der Waals surface area contributed by atoms with Crippen LogP contribution in [0.25, 0.3) is 0 Å². The van der Waals surface area contributed by atoms with Gasteiger partial charge in [-0.15, -0.1) is 0 Å². The molecule has 5 heteroatoms. The fourth-order valence-electron chi connectivity index (χ4n) is 2.65. The van der Waals surface area contributed by atoms with Crippen molar-refractivity contribution in [2.45, 2.75) is 24.8 Å². The number of benzene rings is 1. The maximum atomic E-state index is 6.06. The van der Waals surface area contributed by atoms with E-state index in [0.717, 1.165) is 31.9 Å². The predicted molar refractivity (Wildman–Crippen MR) is 80.3 cm³/mol. The normalized spacial score (nSPS) is 26.1. The van der Waals surface area contributed by atoms with Crippen molar-refractivity contribution in [2.24, 2.45) is 4.99 Å². The zero-order valence-electron chi connectivity index (χ0n) is 10.9. The second-order valence-electron chi connectivity index (χ2n) is 5.31. The van der Waals surface area contributed by atoms with Crippen molar-refractivity contribution in [3.05, 3.63) is 33.8 Å². The number of nitrogens with one attached hydrogen (secondary N) is 1. The Hall–Kier alpha value is -0.930. The first-order valence-corrected chi connectivity index (χ1v) is 7.36. The van der Waals surface area contributed by atoms with Crippen LogP contribution in [0.3, 0.4) is 0 Å². The van der Waals surface area contributed by atoms with E-state index in [4.69, 9.17) is 23.2 Å². The van der Waals surface area contributed by atoms with E-state index < -0.39 is 0 Å². The summed E-state index contributed by atoms with van der Waals surface area (Å²) < 4.78 is 0. The number of hydrogen-bond donors (Lipinski definition) is 1. The summed E-state index contributed by atoms with van der Waals surface area (Å²) in [5.74, 6) is 1.62. The Morgan fingerprint density at radius 2 is 2.05 bits per heavy atom. The van der Waals surface area contributed by atoms with Gasteiger partial charge in [-0.3, -0.25) is 4.99 Å². The van der Waals surface area contributed by atoms with Crippen LogP contribution >= 0.6 is 23.2 Å². The van der Waals surface area contributed by atoms with Crippen LogP contribution < -0.4 is 5.32 Å². The van der Waals surface area contributed by atoms with Gasteiger partial charge in [0.25, 0.3) is 0 Å². The molecule has 3 nitrogen and oxygen atoms in total. The first kappa shape index (κ1) is 13.1. The molecule has 1 N–H and O–H groups in total. The van der Waals surface area contributed by atoms with Crippen LogP contribution in [0.1, 0.15) is 24.3 Å². The van der Waals surface area contributed by atoms with Gasteiger partial charge >= 0.3 is 0 Å². The second-order valence-corrected chi connectivity index (χ2v) is 6.12. The average molecular weight is 298 g/mol. The van der Waals surface area contributed by atoms with Gasteiger partial charge in [0.05, 0.1) is 16.6 Å². The van der Waals surface area contributed by atoms with Crippen molar-refractivity contribution >= 4 is 29.2 Å². The molecule has 1 saturated carbocycles. The number of nitrogens with zero attached hydrogens (tertiary/aromatic N) is 2. The smallest absolute Gasteiger partial charge is 0.194 e. The Labute approximate surface area is 123 Å². The number of hydrogen-bond acceptors (Lipinski definition) is 3. The number of aliphatic imine (C=N–C) groups is 1. The van der Waals surface area contributed by atoms with E-state index in [1.54, 1.807) is 0 Å². The van der Waals surface area contributed by atoms with Crippen molar-refractivity contribution in [1.82, 2.24) is 10.2 Å². The molecule has 0 spiro atoms. The van der Waals surface area contributed by atoms with E-state index in [1.165, 1.54) is 5.56 Å². The minimum Gasteiger partial charge on any atom is -0.353 e. The molecule has 0 aromatic heterocycles. The molecular weight excluding hydrogens is 281 g/mol. The third-order valence-electron chi connectivity index (χ3n) is 3.94. The Morgan fingerprint density at radius 1 is 1.26 bits per heavy atom. The molecule has 0 bridgehead atoms. The standard InChI is InChI=1S/C14H17Cl2N3/c1-19-5-4-17-14(19)18-11-6-10(7-11)9-2-3-12(15)13(16)8-9/h2-3,8,10-11H,4-7H2,1H3,(H,17,18). The fraction of sp³-hybridized carbons (Fsp3) is 0.500. The molecule has 1 heterocycles. The Kier molecular flexibility index (Phi) is 3.59. The van der Waals surface area contributed by atoms with Crippen LogP contribution in [0.4, 0.5) is 0 Å². The van der Waals surface area contributed by atoms with Gasteiger partial charge in [-0.05, 0) is 36.5 Å². The van der Waals surface area contributed by atoms with Crippen LogP contribution in [0.2, 0.25) is 10.0 Å². The van der Waals surface area contributed by atoms with E-state index in [1.807, 2.05) is 12.1 Å². The molecule has 1 aliphatic carbocycles. The maximum Gasteiger partial charge on any atom is 0.194 e. The van der Waals surface area contributed by atoms with Crippen LogP contribution in [-0.4, -0.2) is 37.0 Å². The summed E-state index contributed by atoms with van der Waals surface area (Å²) in [4.78, 5) is 6.63. The van der Waals surface area contributed by atoms with Gasteiger partial charge in [-0.1, -0.05) is 29.3 Å². The largest absolute Gasteiger partial charge is 0.353 e. The zero-order valence-corrected chi connectivity index (χ0v) is 12.4. The Morgan fingerprint density at radius 3 is 2.68 bits per heavy atom. The minimum atomic E-state index is 0.527. The quantitative estimate of drug-likeness (QED) is 0.908. The zero-order chi connectivity index (χ0) is 13.4. The molecule has 0 atom stereocenters. The lowest BCUT2D eigenvalue weighted by molar-refractivity contribution is 0.316. The maximum absolute atomic E-state index is 6.06. The second kappa shape index (κ2) is 5.22. The summed E-state index contributed by atoms with van der Waals surface area (Å²) in [6, 6.07) is 6.48. The topological polar surface area (TPSA) is 27.6 Å². The molecule has 0 radical (unpaired) electrons. The van der Waals surface area contributed by atoms with Crippen molar-refractivity contribution < 1.29 is 0 Å². The Bertz CT molecular complexity index is 509. The molecule has 1 aromatic carbocycles. The molecule has 19 heavy (non-hydrogen) atoms. The van der Waals surface area contributed by atoms with E-state index in [9.17, 15) is 0 Å². The molecule has 0 unspecified atom stereocenters. The van der Waals surface area contributed by atoms with Crippen LogP contribution in [0.15, 0.2) is 23.2 Å². The molecule has 3 rings (SSSR count). The third-order valence-corrected chi connectivity index (χ3v) is 4.68. The SMILES string of the molecule is CN1CCN=C1NC1CC(c2ccc(Cl)c(Cl)c2)C1. The lowest BCUT2D eigenvalue weighted by atomic mass is 9.76. The van der Waals surface area contributed by atoms with E-state index in [-0.39, 0.29) is 0 Å². The van der Waals surface area contributed by atoms with Gasteiger partial charge in [-0.25, -0.2) is 0 Å². The summed E-state index contributed by atoms with van der Waals surface area (Å²) in [5, 5.41) is 4.78. The van der Waals surface area contributed by atoms with Gasteiger partial charge in [0.15, 0.2) is 5.96 Å². The highest BCUT2D eigenvalue weighted by Crippen LogP contribution is 2.39. The number of halogens is 2. The molecule has 1 aliphatic heterocycles. The molecule has 0 amide bonds. The van der Waals surface area contributed by atoms with Gasteiger partial charge in [0.2, 0.25) is 0 Å². The minimum absolute atomic E-state index is 0.527. The Balaban J connectivity index is 1.56. The average Bonchev–Trinajstić information content (AvgIpc) is 2.73. The van der Waals surface area contributed by atoms with Crippen LogP contribution in [-0.2, 0) is 0 Å². The van der Waals surface area contributed by atoms with Gasteiger partial charge in [0, 0.05) is 19.6 Å². The summed E-state index contributed by atoms with van der Waals surface area (Å²) >= 11 is 12.0. The molecule has 2 aliphatic rings. The molecule has 1 fully saturated rings. The lowest BCUT2D eigenvalue weighted by Crippen LogP contribution is -2.47. The van der Waals surface area contributed by atoms with E-state index in [2.05, 4.69) is 28.3 Å². The van der Waals surface area contributed by atoms with Crippen molar-refractivity contribution in [2.75, 3.05) is 20.1 Å². The van der Waals surface area contributed by atoms with Crippen molar-refractivity contribution in [3.8, 4) is 0 Å². The van der Waals surface area contributed by atoms with Crippen LogP contribution in [0, 0.1) is 0 Å². The van der Waals surface area contributed by atoms with E-state index in [0.29, 0.717) is 22.0 Å². The highest BCUT2D eigenvalue weighted by atomic mass is 35.5. The van der Waals surface area contributed by atoms with Crippen molar-refractivity contribution in [1.29, 1.82) is 0 Å². The summed E-state index contributed by atoms with van der Waals surface area (Å²) in [5.41, 5.74) is 1.29. The van der Waals surface area contributed by atoms with Gasteiger partial charge in [-0.2, -0.15) is 0 Å². The summed E-state index contributed by atoms with van der Waals surface area (Å²) in [7, 11) is 2.08. The highest BCUT2D eigenvalue weighted by molar-refractivity contribution is 6.42.